The maximum Gasteiger partial charge on any atom is 0.295 e. The van der Waals surface area contributed by atoms with E-state index < -0.39 is 17.7 Å². The number of benzene rings is 2. The smallest absolute Gasteiger partial charge is 0.295 e. The number of methoxy groups -OCH3 is 1. The van der Waals surface area contributed by atoms with E-state index in [1.54, 1.807) is 6.07 Å². The molecule has 0 saturated carbocycles. The van der Waals surface area contributed by atoms with E-state index in [1.807, 2.05) is 62.3 Å². The van der Waals surface area contributed by atoms with Crippen LogP contribution in [0.4, 0.5) is 0 Å². The standard InChI is InChI=1S/C28H36N2O5/c1-8-35-20-11-9-10-18(16-20)24-23(26(32)27(33)30(24)15-14-29(5)6)25(31)21-17-19(28(2,3)4)12-13-22(21)34-7/h9-13,16-17,24,31H,8,14-15H2,1-7H3/b25-23+. The molecule has 1 amide bonds. The van der Waals surface area contributed by atoms with Gasteiger partial charge in [-0.05, 0) is 61.8 Å². The first-order valence-corrected chi connectivity index (χ1v) is 11.8. The highest BCUT2D eigenvalue weighted by Crippen LogP contribution is 2.42. The van der Waals surface area contributed by atoms with Gasteiger partial charge in [0.2, 0.25) is 0 Å². The Bertz CT molecular complexity index is 1130. The van der Waals surface area contributed by atoms with Crippen molar-refractivity contribution in [3.05, 3.63) is 64.7 Å². The number of likely N-dealkylation sites (N-methyl/N-ethyl adjacent to an activating group) is 1. The van der Waals surface area contributed by atoms with Gasteiger partial charge in [0, 0.05) is 13.1 Å². The molecule has 1 fully saturated rings. The van der Waals surface area contributed by atoms with E-state index in [-0.39, 0.29) is 16.7 Å². The predicted molar refractivity (Wildman–Crippen MR) is 137 cm³/mol. The van der Waals surface area contributed by atoms with E-state index in [1.165, 1.54) is 12.0 Å². The first kappa shape index (κ1) is 26.3. The molecule has 1 saturated heterocycles. The number of rotatable bonds is 8. The van der Waals surface area contributed by atoms with Crippen molar-refractivity contribution in [2.75, 3.05) is 40.9 Å². The second-order valence-electron chi connectivity index (χ2n) is 9.97. The lowest BCUT2D eigenvalue weighted by atomic mass is 9.85. The zero-order valence-electron chi connectivity index (χ0n) is 21.7. The number of likely N-dealkylation sites (tertiary alicyclic amines) is 1. The zero-order valence-corrected chi connectivity index (χ0v) is 21.7. The maximum absolute atomic E-state index is 13.4. The third-order valence-corrected chi connectivity index (χ3v) is 6.13. The molecular formula is C28H36N2O5. The minimum Gasteiger partial charge on any atom is -0.507 e. The van der Waals surface area contributed by atoms with Crippen LogP contribution in [0.5, 0.6) is 11.5 Å². The van der Waals surface area contributed by atoms with E-state index in [2.05, 4.69) is 20.8 Å². The fourth-order valence-corrected chi connectivity index (χ4v) is 4.21. The number of hydrogen-bond donors (Lipinski definition) is 1. The van der Waals surface area contributed by atoms with Crippen LogP contribution in [0.1, 0.15) is 50.4 Å². The van der Waals surface area contributed by atoms with Crippen LogP contribution < -0.4 is 9.47 Å². The molecule has 0 bridgehead atoms. The fraction of sp³-hybridized carbons (Fsp3) is 0.429. The molecule has 0 aliphatic carbocycles. The zero-order chi connectivity index (χ0) is 25.9. The number of aliphatic hydroxyl groups is 1. The molecule has 35 heavy (non-hydrogen) atoms. The summed E-state index contributed by atoms with van der Waals surface area (Å²) < 4.78 is 11.2. The topological polar surface area (TPSA) is 79.3 Å². The number of ether oxygens (including phenoxy) is 2. The Balaban J connectivity index is 2.25. The Morgan fingerprint density at radius 1 is 1.11 bits per heavy atom. The number of ketones is 1. The molecule has 0 aromatic heterocycles. The van der Waals surface area contributed by atoms with Gasteiger partial charge in [0.05, 0.1) is 30.9 Å². The van der Waals surface area contributed by atoms with E-state index in [0.717, 1.165) is 5.56 Å². The molecule has 2 aromatic rings. The summed E-state index contributed by atoms with van der Waals surface area (Å²) in [6, 6.07) is 12.1. The van der Waals surface area contributed by atoms with Gasteiger partial charge in [0.15, 0.2) is 0 Å². The van der Waals surface area contributed by atoms with Crippen molar-refractivity contribution >= 4 is 17.4 Å². The van der Waals surface area contributed by atoms with Crippen LogP contribution in [-0.2, 0) is 15.0 Å². The first-order chi connectivity index (χ1) is 16.5. The molecular weight excluding hydrogens is 444 g/mol. The summed E-state index contributed by atoms with van der Waals surface area (Å²) in [5, 5.41) is 11.6. The number of nitrogens with zero attached hydrogens (tertiary/aromatic N) is 2. The van der Waals surface area contributed by atoms with Gasteiger partial charge in [0.25, 0.3) is 11.7 Å². The number of carbonyl (C=O) groups excluding carboxylic acids is 2. The SMILES string of the molecule is CCOc1cccc(C2/C(=C(\O)c3cc(C(C)(C)C)ccc3OC)C(=O)C(=O)N2CCN(C)C)c1. The van der Waals surface area contributed by atoms with Gasteiger partial charge in [-0.15, -0.1) is 0 Å². The second-order valence-corrected chi connectivity index (χ2v) is 9.97. The van der Waals surface area contributed by atoms with Crippen LogP contribution in [0, 0.1) is 0 Å². The summed E-state index contributed by atoms with van der Waals surface area (Å²) in [6.45, 7) is 9.48. The van der Waals surface area contributed by atoms with Gasteiger partial charge in [0.1, 0.15) is 17.3 Å². The monoisotopic (exact) mass is 480 g/mol. The first-order valence-electron chi connectivity index (χ1n) is 11.8. The van der Waals surface area contributed by atoms with E-state index in [4.69, 9.17) is 9.47 Å². The molecule has 0 radical (unpaired) electrons. The Hall–Kier alpha value is -3.32. The van der Waals surface area contributed by atoms with Gasteiger partial charge in [-0.25, -0.2) is 0 Å². The van der Waals surface area contributed by atoms with E-state index in [0.29, 0.717) is 42.3 Å². The van der Waals surface area contributed by atoms with Crippen molar-refractivity contribution in [1.82, 2.24) is 9.80 Å². The van der Waals surface area contributed by atoms with Crippen molar-refractivity contribution in [1.29, 1.82) is 0 Å². The number of amides is 1. The van der Waals surface area contributed by atoms with Gasteiger partial charge in [-0.3, -0.25) is 9.59 Å². The predicted octanol–water partition coefficient (Wildman–Crippen LogP) is 4.37. The highest BCUT2D eigenvalue weighted by Gasteiger charge is 2.46. The summed E-state index contributed by atoms with van der Waals surface area (Å²) in [6.07, 6.45) is 0. The normalized spacial score (nSPS) is 17.8. The lowest BCUT2D eigenvalue weighted by Crippen LogP contribution is -2.35. The number of carbonyl (C=O) groups is 2. The Morgan fingerprint density at radius 2 is 1.83 bits per heavy atom. The Labute approximate surface area is 207 Å². The van der Waals surface area contributed by atoms with Crippen LogP contribution in [0.15, 0.2) is 48.0 Å². The number of aliphatic hydroxyl groups excluding tert-OH is 1. The summed E-state index contributed by atoms with van der Waals surface area (Å²) in [5.41, 5.74) is 1.91. The largest absolute Gasteiger partial charge is 0.507 e. The molecule has 1 aliphatic rings. The molecule has 1 N–H and O–H groups in total. The molecule has 7 nitrogen and oxygen atoms in total. The molecule has 1 atom stereocenters. The van der Waals surface area contributed by atoms with Crippen LogP contribution in [0.3, 0.4) is 0 Å². The van der Waals surface area contributed by atoms with Crippen LogP contribution in [-0.4, -0.2) is 67.5 Å². The molecule has 1 aliphatic heterocycles. The van der Waals surface area contributed by atoms with E-state index in [9.17, 15) is 14.7 Å². The number of hydrogen-bond acceptors (Lipinski definition) is 6. The Morgan fingerprint density at radius 3 is 2.43 bits per heavy atom. The van der Waals surface area contributed by atoms with Gasteiger partial charge in [-0.2, -0.15) is 0 Å². The van der Waals surface area contributed by atoms with Crippen molar-refractivity contribution in [2.24, 2.45) is 0 Å². The molecule has 0 spiro atoms. The highest BCUT2D eigenvalue weighted by molar-refractivity contribution is 6.46. The van der Waals surface area contributed by atoms with E-state index >= 15 is 0 Å². The third kappa shape index (κ3) is 5.51. The maximum atomic E-state index is 13.4. The lowest BCUT2D eigenvalue weighted by molar-refractivity contribution is -0.140. The van der Waals surface area contributed by atoms with Crippen molar-refractivity contribution in [2.45, 2.75) is 39.2 Å². The van der Waals surface area contributed by atoms with Gasteiger partial charge >= 0.3 is 0 Å². The summed E-state index contributed by atoms with van der Waals surface area (Å²) in [4.78, 5) is 30.0. The minimum atomic E-state index is -0.752. The summed E-state index contributed by atoms with van der Waals surface area (Å²) in [5.74, 6) is -0.528. The number of Topliss-reactive ketones (excluding diaryl/α,β-unsaturated/α-hetero) is 1. The third-order valence-electron chi connectivity index (χ3n) is 6.13. The minimum absolute atomic E-state index is 0.0479. The lowest BCUT2D eigenvalue weighted by Gasteiger charge is -2.27. The molecule has 2 aromatic carbocycles. The summed E-state index contributed by atoms with van der Waals surface area (Å²) >= 11 is 0. The molecule has 3 rings (SSSR count). The van der Waals surface area contributed by atoms with Gasteiger partial charge in [-0.1, -0.05) is 39.0 Å². The molecule has 7 heteroatoms. The average molecular weight is 481 g/mol. The average Bonchev–Trinajstić information content (AvgIpc) is 3.06. The quantitative estimate of drug-likeness (QED) is 0.343. The highest BCUT2D eigenvalue weighted by atomic mass is 16.5. The molecule has 188 valence electrons. The van der Waals surface area contributed by atoms with Crippen LogP contribution in [0.2, 0.25) is 0 Å². The van der Waals surface area contributed by atoms with Crippen molar-refractivity contribution in [3.8, 4) is 11.5 Å². The van der Waals surface area contributed by atoms with Crippen LogP contribution >= 0.6 is 0 Å². The molecule has 1 heterocycles. The van der Waals surface area contributed by atoms with Crippen LogP contribution in [0.25, 0.3) is 5.76 Å². The fourth-order valence-electron chi connectivity index (χ4n) is 4.21. The second kappa shape index (κ2) is 10.5. The van der Waals surface area contributed by atoms with Crippen molar-refractivity contribution < 1.29 is 24.2 Å². The summed E-state index contributed by atoms with van der Waals surface area (Å²) in [7, 11) is 5.33. The van der Waals surface area contributed by atoms with Crippen molar-refractivity contribution in [3.63, 3.8) is 0 Å². The van der Waals surface area contributed by atoms with Gasteiger partial charge < -0.3 is 24.4 Å². The molecule has 1 unspecified atom stereocenters. The Kier molecular flexibility index (Phi) is 7.90.